The lowest BCUT2D eigenvalue weighted by molar-refractivity contribution is 0.631. The molecule has 0 aliphatic carbocycles. The molecule has 1 aliphatic heterocycles. The van der Waals surface area contributed by atoms with Crippen LogP contribution in [0.25, 0.3) is 10.2 Å². The number of fused-ring (bicyclic) bond motifs is 1. The molecule has 0 radical (unpaired) electrons. The molecule has 1 aliphatic rings. The van der Waals surface area contributed by atoms with Crippen LogP contribution in [0.3, 0.4) is 0 Å². The molecule has 0 bridgehead atoms. The highest BCUT2D eigenvalue weighted by molar-refractivity contribution is 7.99. The number of hydrogen-bond acceptors (Lipinski definition) is 6. The summed E-state index contributed by atoms with van der Waals surface area (Å²) < 4.78 is 0. The highest BCUT2D eigenvalue weighted by Gasteiger charge is 2.16. The summed E-state index contributed by atoms with van der Waals surface area (Å²) in [6, 6.07) is 2.11. The van der Waals surface area contributed by atoms with E-state index in [2.05, 4.69) is 50.7 Å². The van der Waals surface area contributed by atoms with Gasteiger partial charge in [-0.15, -0.1) is 11.3 Å². The van der Waals surface area contributed by atoms with E-state index in [1.165, 1.54) is 17.9 Å². The van der Waals surface area contributed by atoms with Crippen molar-refractivity contribution in [2.45, 2.75) is 19.8 Å². The van der Waals surface area contributed by atoms with Crippen LogP contribution < -0.4 is 10.6 Å². The lowest BCUT2D eigenvalue weighted by Gasteiger charge is -2.12. The van der Waals surface area contributed by atoms with Gasteiger partial charge in [0, 0.05) is 13.1 Å². The van der Waals surface area contributed by atoms with Crippen LogP contribution in [0, 0.1) is 5.92 Å². The van der Waals surface area contributed by atoms with Gasteiger partial charge in [0.2, 0.25) is 5.95 Å². The third-order valence-electron chi connectivity index (χ3n) is 3.44. The molecule has 1 unspecified atom stereocenters. The Kier molecular flexibility index (Phi) is 4.62. The minimum absolute atomic E-state index is 0.741. The first kappa shape index (κ1) is 13.9. The van der Waals surface area contributed by atoms with Gasteiger partial charge in [-0.25, -0.2) is 4.98 Å². The zero-order valence-corrected chi connectivity index (χ0v) is 13.3. The second-order valence-electron chi connectivity index (χ2n) is 5.07. The van der Waals surface area contributed by atoms with E-state index in [9.17, 15) is 0 Å². The molecule has 0 saturated carbocycles. The summed E-state index contributed by atoms with van der Waals surface area (Å²) in [7, 11) is 0. The minimum atomic E-state index is 0.741. The van der Waals surface area contributed by atoms with Gasteiger partial charge in [-0.05, 0) is 41.7 Å². The minimum Gasteiger partial charge on any atom is -0.369 e. The van der Waals surface area contributed by atoms with E-state index >= 15 is 0 Å². The standard InChI is InChI=1S/C14H20N4S2/c1-2-5-15-14-17-12(11-4-7-20-13(11)18-14)16-8-10-3-6-19-9-10/h4,7,10H,2-3,5-6,8-9H2,1H3,(H2,15,16,17,18). The molecule has 4 nitrogen and oxygen atoms in total. The molecule has 0 amide bonds. The summed E-state index contributed by atoms with van der Waals surface area (Å²) in [6.45, 7) is 4.07. The number of nitrogens with one attached hydrogen (secondary N) is 2. The number of anilines is 2. The summed E-state index contributed by atoms with van der Waals surface area (Å²) >= 11 is 3.73. The Morgan fingerprint density at radius 2 is 2.30 bits per heavy atom. The van der Waals surface area contributed by atoms with Crippen molar-refractivity contribution in [2.75, 3.05) is 35.2 Å². The molecule has 2 aromatic heterocycles. The Balaban J connectivity index is 1.77. The van der Waals surface area contributed by atoms with E-state index in [-0.39, 0.29) is 0 Å². The molecular weight excluding hydrogens is 288 g/mol. The van der Waals surface area contributed by atoms with Crippen molar-refractivity contribution < 1.29 is 0 Å². The maximum atomic E-state index is 4.64. The predicted molar refractivity (Wildman–Crippen MR) is 90.1 cm³/mol. The molecule has 3 rings (SSSR count). The SMILES string of the molecule is CCCNc1nc(NCC2CCSC2)c2ccsc2n1. The van der Waals surface area contributed by atoms with E-state index in [1.807, 2.05) is 0 Å². The monoisotopic (exact) mass is 308 g/mol. The number of thiophene rings is 1. The van der Waals surface area contributed by atoms with Crippen LogP contribution in [0.1, 0.15) is 19.8 Å². The highest BCUT2D eigenvalue weighted by Crippen LogP contribution is 2.28. The first-order valence-corrected chi connectivity index (χ1v) is 9.21. The molecule has 6 heteroatoms. The van der Waals surface area contributed by atoms with Gasteiger partial charge < -0.3 is 10.6 Å². The van der Waals surface area contributed by atoms with Crippen molar-refractivity contribution in [3.05, 3.63) is 11.4 Å². The molecule has 1 fully saturated rings. The van der Waals surface area contributed by atoms with E-state index in [1.54, 1.807) is 11.3 Å². The normalized spacial score (nSPS) is 18.6. The van der Waals surface area contributed by atoms with Gasteiger partial charge in [-0.3, -0.25) is 0 Å². The largest absolute Gasteiger partial charge is 0.369 e. The van der Waals surface area contributed by atoms with Crippen LogP contribution >= 0.6 is 23.1 Å². The maximum Gasteiger partial charge on any atom is 0.226 e. The Morgan fingerprint density at radius 1 is 1.35 bits per heavy atom. The van der Waals surface area contributed by atoms with Gasteiger partial charge in [0.05, 0.1) is 5.39 Å². The Hall–Kier alpha value is -1.01. The van der Waals surface area contributed by atoms with Crippen molar-refractivity contribution in [1.29, 1.82) is 0 Å². The van der Waals surface area contributed by atoms with E-state index < -0.39 is 0 Å². The molecule has 1 atom stereocenters. The molecular formula is C14H20N4S2. The van der Waals surface area contributed by atoms with E-state index in [0.717, 1.165) is 47.4 Å². The van der Waals surface area contributed by atoms with E-state index in [4.69, 9.17) is 0 Å². The first-order chi connectivity index (χ1) is 9.86. The van der Waals surface area contributed by atoms with Gasteiger partial charge in [0.15, 0.2) is 0 Å². The van der Waals surface area contributed by atoms with E-state index in [0.29, 0.717) is 0 Å². The average Bonchev–Trinajstić information content (AvgIpc) is 3.13. The quantitative estimate of drug-likeness (QED) is 0.852. The Bertz CT molecular complexity index is 563. The smallest absolute Gasteiger partial charge is 0.226 e. The number of nitrogens with zero attached hydrogens (tertiary/aromatic N) is 2. The number of thioether (sulfide) groups is 1. The Morgan fingerprint density at radius 3 is 3.10 bits per heavy atom. The molecule has 1 saturated heterocycles. The summed E-state index contributed by atoms with van der Waals surface area (Å²) in [5.41, 5.74) is 0. The van der Waals surface area contributed by atoms with Crippen molar-refractivity contribution in [1.82, 2.24) is 9.97 Å². The van der Waals surface area contributed by atoms with Crippen molar-refractivity contribution in [3.8, 4) is 0 Å². The lowest BCUT2D eigenvalue weighted by Crippen LogP contribution is -2.15. The van der Waals surface area contributed by atoms with Crippen molar-refractivity contribution in [2.24, 2.45) is 5.92 Å². The third kappa shape index (κ3) is 3.17. The van der Waals surface area contributed by atoms with Crippen LogP contribution in [0.5, 0.6) is 0 Å². The van der Waals surface area contributed by atoms with Gasteiger partial charge in [-0.2, -0.15) is 16.7 Å². The average molecular weight is 308 g/mol. The predicted octanol–water partition coefficient (Wildman–Crippen LogP) is 3.68. The summed E-state index contributed by atoms with van der Waals surface area (Å²) in [6.07, 6.45) is 2.39. The fourth-order valence-corrected chi connectivity index (χ4v) is 4.34. The summed E-state index contributed by atoms with van der Waals surface area (Å²) in [5, 5.41) is 10.0. The van der Waals surface area contributed by atoms with Crippen molar-refractivity contribution in [3.63, 3.8) is 0 Å². The number of hydrogen-bond donors (Lipinski definition) is 2. The summed E-state index contributed by atoms with van der Waals surface area (Å²) in [5.74, 6) is 5.06. The Labute approximate surface area is 127 Å². The third-order valence-corrected chi connectivity index (χ3v) is 5.48. The van der Waals surface area contributed by atoms with Gasteiger partial charge >= 0.3 is 0 Å². The molecule has 2 aromatic rings. The first-order valence-electron chi connectivity index (χ1n) is 7.17. The zero-order valence-electron chi connectivity index (χ0n) is 11.7. The second kappa shape index (κ2) is 6.63. The molecule has 2 N–H and O–H groups in total. The van der Waals surface area contributed by atoms with Gasteiger partial charge in [-0.1, -0.05) is 6.92 Å². The number of aromatic nitrogens is 2. The molecule has 20 heavy (non-hydrogen) atoms. The zero-order chi connectivity index (χ0) is 13.8. The topological polar surface area (TPSA) is 49.8 Å². The molecule has 3 heterocycles. The van der Waals surface area contributed by atoms with Crippen molar-refractivity contribution >= 4 is 45.1 Å². The maximum absolute atomic E-state index is 4.64. The second-order valence-corrected chi connectivity index (χ2v) is 7.12. The summed E-state index contributed by atoms with van der Waals surface area (Å²) in [4.78, 5) is 10.3. The molecule has 0 spiro atoms. The van der Waals surface area contributed by atoms with Crippen LogP contribution in [0.2, 0.25) is 0 Å². The van der Waals surface area contributed by atoms with Crippen LogP contribution in [0.4, 0.5) is 11.8 Å². The van der Waals surface area contributed by atoms with Gasteiger partial charge in [0.25, 0.3) is 0 Å². The van der Waals surface area contributed by atoms with Crippen LogP contribution in [-0.4, -0.2) is 34.6 Å². The van der Waals surface area contributed by atoms with Crippen LogP contribution in [0.15, 0.2) is 11.4 Å². The molecule has 0 aromatic carbocycles. The fourth-order valence-electron chi connectivity index (χ4n) is 2.29. The highest BCUT2D eigenvalue weighted by atomic mass is 32.2. The number of rotatable bonds is 6. The lowest BCUT2D eigenvalue weighted by atomic mass is 10.1. The van der Waals surface area contributed by atoms with Gasteiger partial charge in [0.1, 0.15) is 10.6 Å². The van der Waals surface area contributed by atoms with Crippen LogP contribution in [-0.2, 0) is 0 Å². The fraction of sp³-hybridized carbons (Fsp3) is 0.571. The molecule has 108 valence electrons.